The largest absolute Gasteiger partial charge is 0.363 e. The summed E-state index contributed by atoms with van der Waals surface area (Å²) in [7, 11) is 0. The summed E-state index contributed by atoms with van der Waals surface area (Å²) in [6.45, 7) is 2.87. The van der Waals surface area contributed by atoms with Gasteiger partial charge >= 0.3 is 0 Å². The van der Waals surface area contributed by atoms with Gasteiger partial charge in [0.15, 0.2) is 11.5 Å². The molecule has 118 valence electrons. The van der Waals surface area contributed by atoms with Crippen LogP contribution >= 0.6 is 11.8 Å². The summed E-state index contributed by atoms with van der Waals surface area (Å²) in [6, 6.07) is 8.53. The van der Waals surface area contributed by atoms with E-state index in [1.54, 1.807) is 0 Å². The number of thioether (sulfide) groups is 1. The average molecular weight is 324 g/mol. The lowest BCUT2D eigenvalue weighted by atomic mass is 10.1. The SMILES string of the molecule is Cc1cccc(CNc2nccn3c([C@@H]4CCCS4)cnc23)c1. The zero-order valence-corrected chi connectivity index (χ0v) is 14.0. The third-order valence-corrected chi connectivity index (χ3v) is 5.66. The molecule has 1 aliphatic heterocycles. The number of nitrogens with one attached hydrogen (secondary N) is 1. The highest BCUT2D eigenvalue weighted by atomic mass is 32.2. The predicted molar refractivity (Wildman–Crippen MR) is 95.9 cm³/mol. The molecule has 5 heteroatoms. The number of imidazole rings is 1. The van der Waals surface area contributed by atoms with Gasteiger partial charge in [-0.25, -0.2) is 9.97 Å². The van der Waals surface area contributed by atoms with Crippen LogP contribution in [0.25, 0.3) is 5.65 Å². The predicted octanol–water partition coefficient (Wildman–Crippen LogP) is 4.22. The smallest absolute Gasteiger partial charge is 0.180 e. The molecule has 0 aliphatic carbocycles. The summed E-state index contributed by atoms with van der Waals surface area (Å²) >= 11 is 2.03. The normalized spacial score (nSPS) is 17.7. The first-order chi connectivity index (χ1) is 11.3. The summed E-state index contributed by atoms with van der Waals surface area (Å²) in [6.07, 6.45) is 8.43. The number of fused-ring (bicyclic) bond motifs is 1. The molecular formula is C18H20N4S. The molecule has 0 bridgehead atoms. The first kappa shape index (κ1) is 14.6. The van der Waals surface area contributed by atoms with Gasteiger partial charge in [-0.3, -0.25) is 4.40 Å². The molecule has 0 spiro atoms. The second kappa shape index (κ2) is 6.24. The van der Waals surface area contributed by atoms with E-state index in [0.717, 1.165) is 18.0 Å². The van der Waals surface area contributed by atoms with Crippen LogP contribution in [-0.2, 0) is 6.54 Å². The van der Waals surface area contributed by atoms with Crippen LogP contribution in [0.4, 0.5) is 5.82 Å². The number of hydrogen-bond acceptors (Lipinski definition) is 4. The Kier molecular flexibility index (Phi) is 3.95. The van der Waals surface area contributed by atoms with Crippen molar-refractivity contribution >= 4 is 23.2 Å². The monoisotopic (exact) mass is 324 g/mol. The molecular weight excluding hydrogens is 304 g/mol. The summed E-state index contributed by atoms with van der Waals surface area (Å²) in [5.74, 6) is 2.10. The number of rotatable bonds is 4. The highest BCUT2D eigenvalue weighted by Gasteiger charge is 2.21. The molecule has 1 N–H and O–H groups in total. The zero-order valence-electron chi connectivity index (χ0n) is 13.2. The van der Waals surface area contributed by atoms with Crippen LogP contribution in [0.1, 0.15) is 34.9 Å². The van der Waals surface area contributed by atoms with E-state index in [-0.39, 0.29) is 0 Å². The van der Waals surface area contributed by atoms with Crippen molar-refractivity contribution in [1.82, 2.24) is 14.4 Å². The van der Waals surface area contributed by atoms with Crippen LogP contribution in [0.2, 0.25) is 0 Å². The Morgan fingerprint density at radius 1 is 1.35 bits per heavy atom. The maximum Gasteiger partial charge on any atom is 0.180 e. The topological polar surface area (TPSA) is 42.2 Å². The van der Waals surface area contributed by atoms with Gasteiger partial charge in [0.05, 0.1) is 11.9 Å². The van der Waals surface area contributed by atoms with E-state index in [1.807, 2.05) is 30.4 Å². The third-order valence-electron chi connectivity index (χ3n) is 4.26. The Morgan fingerprint density at radius 2 is 2.30 bits per heavy atom. The van der Waals surface area contributed by atoms with Crippen molar-refractivity contribution in [3.8, 4) is 0 Å². The van der Waals surface area contributed by atoms with E-state index in [9.17, 15) is 0 Å². The van der Waals surface area contributed by atoms with Gasteiger partial charge in [-0.15, -0.1) is 0 Å². The number of aryl methyl sites for hydroxylation is 1. The molecule has 1 aromatic carbocycles. The second-order valence-corrected chi connectivity index (χ2v) is 7.31. The van der Waals surface area contributed by atoms with Crippen LogP contribution < -0.4 is 5.32 Å². The van der Waals surface area contributed by atoms with Crippen molar-refractivity contribution in [3.05, 3.63) is 59.7 Å². The fourth-order valence-corrected chi connectivity index (χ4v) is 4.42. The molecule has 0 amide bonds. The lowest BCUT2D eigenvalue weighted by Gasteiger charge is -2.10. The molecule has 3 heterocycles. The summed E-state index contributed by atoms with van der Waals surface area (Å²) in [5, 5.41) is 4.00. The van der Waals surface area contributed by atoms with Crippen LogP contribution in [0.15, 0.2) is 42.9 Å². The summed E-state index contributed by atoms with van der Waals surface area (Å²) in [5.41, 5.74) is 4.75. The molecule has 0 saturated carbocycles. The minimum absolute atomic E-state index is 0.567. The number of benzene rings is 1. The Labute approximate surface area is 140 Å². The number of aromatic nitrogens is 3. The van der Waals surface area contributed by atoms with Crippen molar-refractivity contribution < 1.29 is 0 Å². The van der Waals surface area contributed by atoms with E-state index < -0.39 is 0 Å². The standard InChI is InChI=1S/C18H20N4S/c1-13-4-2-5-14(10-13)11-20-17-18-21-12-15(16-6-3-9-23-16)22(18)8-7-19-17/h2,4-5,7-8,10,12,16H,3,6,9,11H2,1H3,(H,19,20)/t16-/m0/s1. The molecule has 1 aliphatic rings. The van der Waals surface area contributed by atoms with Gasteiger partial charge in [-0.05, 0) is 31.1 Å². The van der Waals surface area contributed by atoms with Crippen molar-refractivity contribution in [2.24, 2.45) is 0 Å². The Balaban J connectivity index is 1.60. The van der Waals surface area contributed by atoms with Crippen molar-refractivity contribution in [2.75, 3.05) is 11.1 Å². The van der Waals surface area contributed by atoms with Gasteiger partial charge in [-0.1, -0.05) is 29.8 Å². The fourth-order valence-electron chi connectivity index (χ4n) is 3.12. The quantitative estimate of drug-likeness (QED) is 0.780. The molecule has 1 saturated heterocycles. The molecule has 4 rings (SSSR count). The van der Waals surface area contributed by atoms with Crippen LogP contribution in [-0.4, -0.2) is 20.1 Å². The molecule has 4 nitrogen and oxygen atoms in total. The lowest BCUT2D eigenvalue weighted by molar-refractivity contribution is 0.798. The van der Waals surface area contributed by atoms with Gasteiger partial charge < -0.3 is 5.32 Å². The second-order valence-electron chi connectivity index (χ2n) is 6.00. The molecule has 23 heavy (non-hydrogen) atoms. The Bertz CT molecular complexity index is 821. The first-order valence-corrected chi connectivity index (χ1v) is 9.09. The molecule has 3 aromatic rings. The van der Waals surface area contributed by atoms with Gasteiger partial charge in [0.2, 0.25) is 0 Å². The van der Waals surface area contributed by atoms with E-state index in [1.165, 1.54) is 35.4 Å². The lowest BCUT2D eigenvalue weighted by Crippen LogP contribution is -2.05. The van der Waals surface area contributed by atoms with Gasteiger partial charge in [0, 0.05) is 24.2 Å². The number of hydrogen-bond donors (Lipinski definition) is 1. The molecule has 2 aromatic heterocycles. The van der Waals surface area contributed by atoms with E-state index in [2.05, 4.69) is 50.9 Å². The molecule has 1 fully saturated rings. The number of anilines is 1. The minimum atomic E-state index is 0.567. The van der Waals surface area contributed by atoms with E-state index in [0.29, 0.717) is 5.25 Å². The average Bonchev–Trinajstić information content (AvgIpc) is 3.22. The summed E-state index contributed by atoms with van der Waals surface area (Å²) in [4.78, 5) is 9.10. The van der Waals surface area contributed by atoms with Gasteiger partial charge in [0.25, 0.3) is 0 Å². The maximum atomic E-state index is 4.62. The minimum Gasteiger partial charge on any atom is -0.363 e. The van der Waals surface area contributed by atoms with Crippen molar-refractivity contribution in [1.29, 1.82) is 0 Å². The molecule has 1 atom stereocenters. The van der Waals surface area contributed by atoms with Crippen LogP contribution in [0.5, 0.6) is 0 Å². The highest BCUT2D eigenvalue weighted by molar-refractivity contribution is 7.99. The van der Waals surface area contributed by atoms with Gasteiger partial charge in [0.1, 0.15) is 0 Å². The number of nitrogens with zero attached hydrogens (tertiary/aromatic N) is 3. The summed E-state index contributed by atoms with van der Waals surface area (Å²) < 4.78 is 2.19. The Hall–Kier alpha value is -2.01. The van der Waals surface area contributed by atoms with Crippen LogP contribution in [0.3, 0.4) is 0 Å². The molecule has 0 unspecified atom stereocenters. The van der Waals surface area contributed by atoms with E-state index in [4.69, 9.17) is 0 Å². The zero-order chi connectivity index (χ0) is 15.6. The maximum absolute atomic E-state index is 4.62. The Morgan fingerprint density at radius 3 is 3.13 bits per heavy atom. The molecule has 0 radical (unpaired) electrons. The highest BCUT2D eigenvalue weighted by Crippen LogP contribution is 2.40. The van der Waals surface area contributed by atoms with Gasteiger partial charge in [-0.2, -0.15) is 11.8 Å². The van der Waals surface area contributed by atoms with Crippen molar-refractivity contribution in [2.45, 2.75) is 31.6 Å². The first-order valence-electron chi connectivity index (χ1n) is 8.04. The third kappa shape index (κ3) is 2.93. The van der Waals surface area contributed by atoms with Crippen molar-refractivity contribution in [3.63, 3.8) is 0 Å². The van der Waals surface area contributed by atoms with E-state index >= 15 is 0 Å². The fraction of sp³-hybridized carbons (Fsp3) is 0.333. The van der Waals surface area contributed by atoms with Crippen LogP contribution in [0, 0.1) is 6.92 Å².